The number of aliphatic carboxylic acids is 1. The van der Waals surface area contributed by atoms with E-state index in [1.54, 1.807) is 10.6 Å². The second-order valence-electron chi connectivity index (χ2n) is 10.5. The number of nitrogens with zero attached hydrogens (tertiary/aromatic N) is 3. The van der Waals surface area contributed by atoms with Crippen LogP contribution in [0.1, 0.15) is 36.2 Å². The van der Waals surface area contributed by atoms with E-state index in [4.69, 9.17) is 0 Å². The number of carboxylic acids is 1. The van der Waals surface area contributed by atoms with E-state index in [2.05, 4.69) is 31.3 Å². The Balaban J connectivity index is 0.00000417. The van der Waals surface area contributed by atoms with Crippen LogP contribution in [0.25, 0.3) is 0 Å². The van der Waals surface area contributed by atoms with Crippen LogP contribution in [0.15, 0.2) is 57.0 Å². The van der Waals surface area contributed by atoms with E-state index in [1.165, 1.54) is 65.9 Å². The smallest absolute Gasteiger partial charge is 0.543 e. The molecule has 1 unspecified atom stereocenters. The number of fused-ring (bicyclic) bond motifs is 1. The summed E-state index contributed by atoms with van der Waals surface area (Å²) in [6.07, 6.45) is 4.90. The molecule has 1 aromatic heterocycles. The topological polar surface area (TPSA) is 212 Å². The van der Waals surface area contributed by atoms with Gasteiger partial charge in [-0.05, 0) is 48.1 Å². The molecule has 236 valence electrons. The molecule has 0 radical (unpaired) electrons. The predicted molar refractivity (Wildman–Crippen MR) is 166 cm³/mol. The van der Waals surface area contributed by atoms with Crippen LogP contribution in [0, 0.1) is 0 Å². The van der Waals surface area contributed by atoms with Gasteiger partial charge < -0.3 is 41.4 Å². The fourth-order valence-corrected chi connectivity index (χ4v) is 8.27. The van der Waals surface area contributed by atoms with Gasteiger partial charge in [0.1, 0.15) is 34.7 Å². The summed E-state index contributed by atoms with van der Waals surface area (Å²) in [5.41, 5.74) is 2.96. The van der Waals surface area contributed by atoms with Gasteiger partial charge >= 0.3 is 35.6 Å². The summed E-state index contributed by atoms with van der Waals surface area (Å²) in [6.45, 7) is 0. The number of amides is 4. The molecule has 15 nitrogen and oxygen atoms in total. The van der Waals surface area contributed by atoms with Crippen molar-refractivity contribution in [2.45, 2.75) is 36.2 Å². The molecular formula is C27H27N8NaO7S3. The molecule has 19 heteroatoms. The van der Waals surface area contributed by atoms with Crippen LogP contribution in [-0.2, 0) is 14.4 Å². The van der Waals surface area contributed by atoms with Crippen molar-refractivity contribution in [1.29, 1.82) is 0 Å². The number of H-pyrrole nitrogens is 1. The molecule has 1 saturated heterocycles. The molecule has 0 bridgehead atoms. The van der Waals surface area contributed by atoms with Crippen LogP contribution in [0.5, 0.6) is 5.75 Å². The predicted octanol–water partition coefficient (Wildman–Crippen LogP) is -2.75. The monoisotopic (exact) mass is 694 g/mol. The van der Waals surface area contributed by atoms with Crippen LogP contribution in [-0.4, -0.2) is 78.2 Å². The van der Waals surface area contributed by atoms with Crippen molar-refractivity contribution in [3.63, 3.8) is 0 Å². The molecule has 3 aliphatic heterocycles. The van der Waals surface area contributed by atoms with Gasteiger partial charge in [-0.15, -0.1) is 23.5 Å². The largest absolute Gasteiger partial charge is 1.00 e. The van der Waals surface area contributed by atoms with Crippen molar-refractivity contribution in [1.82, 2.24) is 35.3 Å². The van der Waals surface area contributed by atoms with E-state index in [1.807, 2.05) is 7.05 Å². The number of aromatic nitrogens is 2. The average molecular weight is 695 g/mol. The molecule has 6 rings (SSSR count). The van der Waals surface area contributed by atoms with Crippen molar-refractivity contribution in [2.75, 3.05) is 23.9 Å². The zero-order chi connectivity index (χ0) is 31.8. The van der Waals surface area contributed by atoms with Crippen molar-refractivity contribution in [3.05, 3.63) is 73.9 Å². The number of carboxylic acid groups (broad SMARTS) is 1. The number of anilines is 1. The quantitative estimate of drug-likeness (QED) is 0.0848. The molecule has 2 aromatic rings. The number of aromatic hydroxyl groups is 1. The van der Waals surface area contributed by atoms with Crippen molar-refractivity contribution in [2.24, 2.45) is 0 Å². The summed E-state index contributed by atoms with van der Waals surface area (Å²) in [5.74, 6) is -1.54. The Morgan fingerprint density at radius 3 is 2.59 bits per heavy atom. The number of phenols is 1. The molecule has 1 saturated carbocycles. The number of nitrogens with one attached hydrogen (secondary N) is 5. The molecule has 3 atom stereocenters. The van der Waals surface area contributed by atoms with E-state index < -0.39 is 46.8 Å². The molecule has 4 aliphatic rings. The first-order valence-corrected chi connectivity index (χ1v) is 16.5. The number of benzene rings is 1. The van der Waals surface area contributed by atoms with Gasteiger partial charge in [0.05, 0.1) is 22.1 Å². The second kappa shape index (κ2) is 14.3. The average Bonchev–Trinajstić information content (AvgIpc) is 3.78. The summed E-state index contributed by atoms with van der Waals surface area (Å²) in [6, 6.07) is 2.22. The Hall–Kier alpha value is -3.13. The minimum absolute atomic E-state index is 0. The second-order valence-corrected chi connectivity index (χ2v) is 14.1. The first-order chi connectivity index (χ1) is 21.6. The molecule has 4 heterocycles. The van der Waals surface area contributed by atoms with Crippen LogP contribution >= 0.6 is 35.5 Å². The van der Waals surface area contributed by atoms with E-state index in [9.17, 15) is 34.2 Å². The van der Waals surface area contributed by atoms with Gasteiger partial charge in [-0.1, -0.05) is 12.1 Å². The fraction of sp³-hybridized carbons (Fsp3) is 0.333. The number of carbonyl (C=O) groups is 4. The summed E-state index contributed by atoms with van der Waals surface area (Å²) in [4.78, 5) is 72.3. The number of carbonyl (C=O) groups excluding carboxylic acids is 4. The number of hydrogen-bond acceptors (Lipinski definition) is 13. The van der Waals surface area contributed by atoms with E-state index >= 15 is 0 Å². The number of thioether (sulfide) groups is 2. The first-order valence-electron chi connectivity index (χ1n) is 13.7. The van der Waals surface area contributed by atoms with Gasteiger partial charge in [0.25, 0.3) is 11.5 Å². The zero-order valence-corrected chi connectivity index (χ0v) is 29.0. The van der Waals surface area contributed by atoms with Gasteiger partial charge in [-0.25, -0.2) is 9.78 Å². The molecule has 46 heavy (non-hydrogen) atoms. The van der Waals surface area contributed by atoms with Gasteiger partial charge in [-0.2, -0.15) is 4.41 Å². The standard InChI is InChI=1S/C27H28N8O7S3.Na/c1-34-29-9-17(45-34)43-10-14-11-44-25-19(24(39)35(25)20(14)26(40)41)31-23(38)18(12-4-6-15(36)7-5-12)32-27(42)30-16-8-28-21(13-2-3-13)33-22(16)37;/h4-9,13,18-19,25,29,36H,2-3,10-11H2,1H3,(H,31,38)(H,40,41)(H,28,33,37)(H2,30,32,42);/q;+1/p-1/t18-,19?,25-;/m1./s1. The molecule has 0 spiro atoms. The normalized spacial score (nSPS) is 21.2. The Morgan fingerprint density at radius 2 is 1.96 bits per heavy atom. The third-order valence-corrected chi connectivity index (χ3v) is 10.8. The van der Waals surface area contributed by atoms with Crippen LogP contribution in [0.3, 0.4) is 0 Å². The van der Waals surface area contributed by atoms with Gasteiger partial charge in [-0.3, -0.25) is 19.3 Å². The number of β-lactam (4-membered cyclic amide) rings is 1. The fourth-order valence-electron chi connectivity index (χ4n) is 4.90. The van der Waals surface area contributed by atoms with Crippen molar-refractivity contribution in [3.8, 4) is 5.75 Å². The molecule has 4 amide bonds. The Kier molecular flexibility index (Phi) is 10.7. The maximum Gasteiger partial charge on any atom is 1.00 e. The molecule has 1 aliphatic carbocycles. The Bertz CT molecular complexity index is 1680. The van der Waals surface area contributed by atoms with E-state index in [0.717, 1.165) is 22.0 Å². The molecule has 1 aromatic carbocycles. The van der Waals surface area contributed by atoms with Crippen LogP contribution < -0.4 is 61.6 Å². The summed E-state index contributed by atoms with van der Waals surface area (Å²) in [7, 11) is 1.84. The first kappa shape index (κ1) is 34.2. The van der Waals surface area contributed by atoms with Crippen molar-refractivity contribution >= 4 is 65.0 Å². The number of phenolic OH excluding ortho intramolecular Hbond substituents is 1. The molecular weight excluding hydrogens is 668 g/mol. The summed E-state index contributed by atoms with van der Waals surface area (Å²) < 4.78 is 2.73. The van der Waals surface area contributed by atoms with Gasteiger partial charge in [0.2, 0.25) is 5.91 Å². The maximum absolute atomic E-state index is 13.6. The molecule has 2 fully saturated rings. The number of hydrogen-bond donors (Lipinski definition) is 6. The minimum Gasteiger partial charge on any atom is -0.543 e. The Morgan fingerprint density at radius 1 is 1.22 bits per heavy atom. The zero-order valence-electron chi connectivity index (χ0n) is 24.6. The van der Waals surface area contributed by atoms with Gasteiger partial charge in [0.15, 0.2) is 0 Å². The number of rotatable bonds is 10. The van der Waals surface area contributed by atoms with E-state index in [-0.39, 0.29) is 58.2 Å². The molecule has 6 N–H and O–H groups in total. The SMILES string of the molecule is CN1NC=C(SCC2=C(C(=O)[O-])N3C(=O)C(NC(=O)[C@H](NC(=O)Nc4cnc(C5CC5)[nH]c4=O)c4ccc(O)cc4)[C@H]3SC2)S1.[Na+]. The number of urea groups is 1. The Labute approximate surface area is 297 Å². The summed E-state index contributed by atoms with van der Waals surface area (Å²) >= 11 is 4.20. The number of aromatic amines is 1. The van der Waals surface area contributed by atoms with Gasteiger partial charge in [0, 0.05) is 30.7 Å². The van der Waals surface area contributed by atoms with Crippen molar-refractivity contribution < 1.29 is 58.9 Å². The third kappa shape index (κ3) is 7.37. The number of hydrazine groups is 1. The van der Waals surface area contributed by atoms with Crippen LogP contribution in [0.2, 0.25) is 0 Å². The third-order valence-electron chi connectivity index (χ3n) is 7.31. The van der Waals surface area contributed by atoms with E-state index in [0.29, 0.717) is 22.9 Å². The maximum atomic E-state index is 13.6. The van der Waals surface area contributed by atoms with Crippen LogP contribution in [0.4, 0.5) is 10.5 Å². The summed E-state index contributed by atoms with van der Waals surface area (Å²) in [5, 5.41) is 28.7. The minimum atomic E-state index is -1.48.